The Morgan fingerprint density at radius 2 is 2.25 bits per heavy atom. The molecule has 0 radical (unpaired) electrons. The third kappa shape index (κ3) is 1.69. The summed E-state index contributed by atoms with van der Waals surface area (Å²) in [6.45, 7) is 4.09. The van der Waals surface area contributed by atoms with Crippen molar-refractivity contribution < 1.29 is 5.11 Å². The molecular formula is C8H13BrN2O. The van der Waals surface area contributed by atoms with Crippen molar-refractivity contribution in [2.75, 3.05) is 6.61 Å². The Balaban J connectivity index is 3.09. The van der Waals surface area contributed by atoms with Crippen molar-refractivity contribution in [3.05, 3.63) is 16.4 Å². The van der Waals surface area contributed by atoms with Crippen LogP contribution in [0, 0.1) is 0 Å². The lowest BCUT2D eigenvalue weighted by molar-refractivity contribution is 0.211. The second kappa shape index (κ2) is 3.18. The van der Waals surface area contributed by atoms with Crippen LogP contribution in [0.4, 0.5) is 0 Å². The third-order valence-corrected chi connectivity index (χ3v) is 2.33. The van der Waals surface area contributed by atoms with Gasteiger partial charge in [0.15, 0.2) is 0 Å². The van der Waals surface area contributed by atoms with Crippen molar-refractivity contribution in [2.45, 2.75) is 19.3 Å². The minimum absolute atomic E-state index is 0.124. The van der Waals surface area contributed by atoms with Crippen LogP contribution in [0.25, 0.3) is 0 Å². The summed E-state index contributed by atoms with van der Waals surface area (Å²) < 4.78 is 2.59. The highest BCUT2D eigenvalue weighted by Gasteiger charge is 2.23. The zero-order valence-electron chi connectivity index (χ0n) is 7.50. The van der Waals surface area contributed by atoms with Gasteiger partial charge in [-0.1, -0.05) is 13.8 Å². The molecule has 4 heteroatoms. The lowest BCUT2D eigenvalue weighted by atomic mass is 9.90. The zero-order valence-corrected chi connectivity index (χ0v) is 9.09. The molecule has 0 saturated carbocycles. The highest BCUT2D eigenvalue weighted by molar-refractivity contribution is 9.10. The first kappa shape index (κ1) is 9.74. The van der Waals surface area contributed by atoms with Gasteiger partial charge in [-0.05, 0) is 22.0 Å². The number of aliphatic hydroxyl groups excluding tert-OH is 1. The van der Waals surface area contributed by atoms with Gasteiger partial charge in [-0.2, -0.15) is 5.10 Å². The van der Waals surface area contributed by atoms with E-state index >= 15 is 0 Å². The molecule has 0 saturated heterocycles. The molecule has 0 unspecified atom stereocenters. The van der Waals surface area contributed by atoms with E-state index in [0.717, 1.165) is 10.3 Å². The molecule has 1 rings (SSSR count). The van der Waals surface area contributed by atoms with Crippen LogP contribution in [0.3, 0.4) is 0 Å². The highest BCUT2D eigenvalue weighted by atomic mass is 79.9. The van der Waals surface area contributed by atoms with Gasteiger partial charge >= 0.3 is 0 Å². The minimum Gasteiger partial charge on any atom is -0.395 e. The number of aliphatic hydroxyl groups is 1. The fourth-order valence-corrected chi connectivity index (χ4v) is 1.60. The molecule has 0 amide bonds. The molecule has 0 bridgehead atoms. The topological polar surface area (TPSA) is 38.0 Å². The summed E-state index contributed by atoms with van der Waals surface area (Å²) in [4.78, 5) is 0. The first-order chi connectivity index (χ1) is 5.47. The van der Waals surface area contributed by atoms with Crippen molar-refractivity contribution in [2.24, 2.45) is 7.05 Å². The molecule has 12 heavy (non-hydrogen) atoms. The van der Waals surface area contributed by atoms with E-state index in [1.165, 1.54) is 0 Å². The van der Waals surface area contributed by atoms with E-state index in [1.54, 1.807) is 4.68 Å². The van der Waals surface area contributed by atoms with Gasteiger partial charge in [-0.3, -0.25) is 4.68 Å². The van der Waals surface area contributed by atoms with Gasteiger partial charge in [-0.15, -0.1) is 0 Å². The number of aryl methyl sites for hydroxylation is 1. The zero-order chi connectivity index (χ0) is 9.35. The van der Waals surface area contributed by atoms with E-state index in [4.69, 9.17) is 5.11 Å². The molecule has 1 N–H and O–H groups in total. The minimum atomic E-state index is -0.228. The molecule has 1 aromatic heterocycles. The first-order valence-corrected chi connectivity index (χ1v) is 4.57. The SMILES string of the molecule is Cn1nc(Br)cc1C(C)(C)CO. The third-order valence-electron chi connectivity index (χ3n) is 1.94. The van der Waals surface area contributed by atoms with E-state index in [1.807, 2.05) is 27.0 Å². The van der Waals surface area contributed by atoms with Crippen molar-refractivity contribution in [3.63, 3.8) is 0 Å². The fourth-order valence-electron chi connectivity index (χ4n) is 1.15. The molecule has 1 heterocycles. The summed E-state index contributed by atoms with van der Waals surface area (Å²) >= 11 is 3.29. The Bertz CT molecular complexity index is 281. The Kier molecular flexibility index (Phi) is 2.58. The van der Waals surface area contributed by atoms with Gasteiger partial charge in [0.2, 0.25) is 0 Å². The summed E-state index contributed by atoms with van der Waals surface area (Å²) in [6, 6.07) is 1.93. The smallest absolute Gasteiger partial charge is 0.128 e. The lowest BCUT2D eigenvalue weighted by Crippen LogP contribution is -2.25. The maximum atomic E-state index is 9.12. The van der Waals surface area contributed by atoms with Gasteiger partial charge in [0.05, 0.1) is 6.61 Å². The Morgan fingerprint density at radius 3 is 2.58 bits per heavy atom. The summed E-state index contributed by atoms with van der Waals surface area (Å²) in [7, 11) is 1.87. The molecule has 0 aromatic carbocycles. The van der Waals surface area contributed by atoms with Crippen molar-refractivity contribution in [1.82, 2.24) is 9.78 Å². The molecule has 0 aliphatic heterocycles. The second-order valence-corrected chi connectivity index (χ2v) is 4.33. The second-order valence-electron chi connectivity index (χ2n) is 3.52. The molecule has 0 spiro atoms. The summed E-state index contributed by atoms with van der Waals surface area (Å²) in [5.41, 5.74) is 0.796. The van der Waals surface area contributed by atoms with E-state index in [-0.39, 0.29) is 12.0 Å². The van der Waals surface area contributed by atoms with Gasteiger partial charge < -0.3 is 5.11 Å². The average molecular weight is 233 g/mol. The van der Waals surface area contributed by atoms with Crippen LogP contribution >= 0.6 is 15.9 Å². The number of hydrogen-bond acceptors (Lipinski definition) is 2. The molecule has 68 valence electrons. The van der Waals surface area contributed by atoms with E-state index < -0.39 is 0 Å². The van der Waals surface area contributed by atoms with Crippen LogP contribution in [0.2, 0.25) is 0 Å². The normalized spacial score (nSPS) is 12.1. The van der Waals surface area contributed by atoms with Crippen LogP contribution < -0.4 is 0 Å². The predicted octanol–water partition coefficient (Wildman–Crippen LogP) is 1.45. The van der Waals surface area contributed by atoms with Crippen LogP contribution in [-0.4, -0.2) is 21.5 Å². The first-order valence-electron chi connectivity index (χ1n) is 3.78. The maximum absolute atomic E-state index is 9.12. The van der Waals surface area contributed by atoms with Gasteiger partial charge in [0.25, 0.3) is 0 Å². The Hall–Kier alpha value is -0.350. The lowest BCUT2D eigenvalue weighted by Gasteiger charge is -2.21. The molecule has 1 aromatic rings. The highest BCUT2D eigenvalue weighted by Crippen LogP contribution is 2.24. The van der Waals surface area contributed by atoms with Crippen LogP contribution in [0.15, 0.2) is 10.7 Å². The number of aromatic nitrogens is 2. The standard InChI is InChI=1S/C8H13BrN2O/c1-8(2,5-12)6-4-7(9)10-11(6)3/h4,12H,5H2,1-3H3. The number of hydrogen-bond donors (Lipinski definition) is 1. The molecule has 0 aliphatic carbocycles. The predicted molar refractivity (Wildman–Crippen MR) is 51.0 cm³/mol. The molecule has 3 nitrogen and oxygen atoms in total. The van der Waals surface area contributed by atoms with E-state index in [0.29, 0.717) is 0 Å². The number of nitrogens with zero attached hydrogens (tertiary/aromatic N) is 2. The van der Waals surface area contributed by atoms with E-state index in [9.17, 15) is 0 Å². The van der Waals surface area contributed by atoms with Crippen molar-refractivity contribution in [1.29, 1.82) is 0 Å². The van der Waals surface area contributed by atoms with Crippen LogP contribution in [0.1, 0.15) is 19.5 Å². The maximum Gasteiger partial charge on any atom is 0.128 e. The average Bonchev–Trinajstić information content (AvgIpc) is 2.31. The van der Waals surface area contributed by atoms with Gasteiger partial charge in [0.1, 0.15) is 4.60 Å². The summed E-state index contributed by atoms with van der Waals surface area (Å²) in [6.07, 6.45) is 0. The Morgan fingerprint density at radius 1 is 1.67 bits per heavy atom. The molecular weight excluding hydrogens is 220 g/mol. The quantitative estimate of drug-likeness (QED) is 0.839. The number of halogens is 1. The summed E-state index contributed by atoms with van der Waals surface area (Å²) in [5.74, 6) is 0. The molecule has 0 aliphatic rings. The van der Waals surface area contributed by atoms with Crippen LogP contribution in [0.5, 0.6) is 0 Å². The monoisotopic (exact) mass is 232 g/mol. The van der Waals surface area contributed by atoms with Gasteiger partial charge in [0, 0.05) is 18.2 Å². The molecule has 0 fully saturated rings. The fraction of sp³-hybridized carbons (Fsp3) is 0.625. The van der Waals surface area contributed by atoms with Crippen LogP contribution in [-0.2, 0) is 12.5 Å². The van der Waals surface area contributed by atoms with Crippen molar-refractivity contribution >= 4 is 15.9 Å². The van der Waals surface area contributed by atoms with Gasteiger partial charge in [-0.25, -0.2) is 0 Å². The van der Waals surface area contributed by atoms with E-state index in [2.05, 4.69) is 21.0 Å². The van der Waals surface area contributed by atoms with Crippen molar-refractivity contribution in [3.8, 4) is 0 Å². The number of rotatable bonds is 2. The molecule has 0 atom stereocenters. The largest absolute Gasteiger partial charge is 0.395 e. The summed E-state index contributed by atoms with van der Waals surface area (Å²) in [5, 5.41) is 13.3. The Labute approximate surface area is 80.5 Å².